The van der Waals surface area contributed by atoms with Crippen LogP contribution in [0.1, 0.15) is 45.4 Å². The quantitative estimate of drug-likeness (QED) is 0.755. The summed E-state index contributed by atoms with van der Waals surface area (Å²) >= 11 is 3.44. The van der Waals surface area contributed by atoms with Gasteiger partial charge in [-0.2, -0.15) is 12.7 Å². The summed E-state index contributed by atoms with van der Waals surface area (Å²) in [6, 6.07) is 0.141. The van der Waals surface area contributed by atoms with Gasteiger partial charge in [0.05, 0.1) is 0 Å². The van der Waals surface area contributed by atoms with Crippen LogP contribution in [0.15, 0.2) is 0 Å². The predicted molar refractivity (Wildman–Crippen MR) is 77.0 cm³/mol. The van der Waals surface area contributed by atoms with Gasteiger partial charge in [0.15, 0.2) is 0 Å². The van der Waals surface area contributed by atoms with Crippen molar-refractivity contribution >= 4 is 26.1 Å². The first-order valence-electron chi connectivity index (χ1n) is 6.82. The van der Waals surface area contributed by atoms with E-state index in [1.165, 1.54) is 0 Å². The maximum Gasteiger partial charge on any atom is 0.279 e. The fourth-order valence-corrected chi connectivity index (χ4v) is 5.09. The number of halogens is 1. The second-order valence-corrected chi connectivity index (χ2v) is 8.22. The van der Waals surface area contributed by atoms with E-state index >= 15 is 0 Å². The minimum atomic E-state index is -3.28. The molecule has 18 heavy (non-hydrogen) atoms. The summed E-state index contributed by atoms with van der Waals surface area (Å²) in [5.41, 5.74) is 0.232. The van der Waals surface area contributed by atoms with E-state index in [0.29, 0.717) is 13.1 Å². The van der Waals surface area contributed by atoms with Crippen molar-refractivity contribution in [1.29, 1.82) is 0 Å². The van der Waals surface area contributed by atoms with Crippen molar-refractivity contribution in [3.05, 3.63) is 0 Å². The fraction of sp³-hybridized carbons (Fsp3) is 1.00. The zero-order valence-corrected chi connectivity index (χ0v) is 13.4. The summed E-state index contributed by atoms with van der Waals surface area (Å²) < 4.78 is 29.0. The van der Waals surface area contributed by atoms with Crippen LogP contribution in [0.2, 0.25) is 0 Å². The molecule has 0 aromatic carbocycles. The number of alkyl halides is 1. The largest absolute Gasteiger partial charge is 0.279 e. The van der Waals surface area contributed by atoms with Crippen LogP contribution in [0.5, 0.6) is 0 Å². The molecule has 2 aliphatic rings. The van der Waals surface area contributed by atoms with E-state index in [1.807, 2.05) is 6.92 Å². The molecule has 1 unspecified atom stereocenters. The molecule has 1 heterocycles. The van der Waals surface area contributed by atoms with Crippen LogP contribution in [0, 0.1) is 5.41 Å². The van der Waals surface area contributed by atoms with Gasteiger partial charge in [-0.1, -0.05) is 22.4 Å². The van der Waals surface area contributed by atoms with Crippen molar-refractivity contribution in [1.82, 2.24) is 9.03 Å². The van der Waals surface area contributed by atoms with Crippen LogP contribution < -0.4 is 4.72 Å². The second kappa shape index (κ2) is 5.77. The lowest BCUT2D eigenvalue weighted by Crippen LogP contribution is -2.49. The molecule has 0 radical (unpaired) electrons. The molecule has 1 aliphatic heterocycles. The molecule has 0 amide bonds. The lowest BCUT2D eigenvalue weighted by atomic mass is 10.1. The third kappa shape index (κ3) is 3.46. The third-order valence-electron chi connectivity index (χ3n) is 4.26. The Balaban J connectivity index is 1.91. The average Bonchev–Trinajstić information content (AvgIpc) is 3.08. The summed E-state index contributed by atoms with van der Waals surface area (Å²) in [6.45, 7) is 3.27. The van der Waals surface area contributed by atoms with Crippen LogP contribution >= 0.6 is 15.9 Å². The minimum absolute atomic E-state index is 0.141. The van der Waals surface area contributed by atoms with Crippen LogP contribution in [-0.4, -0.2) is 37.2 Å². The van der Waals surface area contributed by atoms with Gasteiger partial charge in [0.1, 0.15) is 0 Å². The third-order valence-corrected chi connectivity index (χ3v) is 6.33. The SMILES string of the molecule is CC1CCCCN1S(=O)(=O)NCC1(CCBr)CC1. The van der Waals surface area contributed by atoms with Gasteiger partial charge in [-0.15, -0.1) is 0 Å². The van der Waals surface area contributed by atoms with Crippen molar-refractivity contribution in [3.8, 4) is 0 Å². The van der Waals surface area contributed by atoms with Crippen LogP contribution in [0.25, 0.3) is 0 Å². The van der Waals surface area contributed by atoms with Gasteiger partial charge in [0, 0.05) is 24.5 Å². The fourth-order valence-electron chi connectivity index (χ4n) is 2.65. The molecule has 0 bridgehead atoms. The highest BCUT2D eigenvalue weighted by Crippen LogP contribution is 2.48. The van der Waals surface area contributed by atoms with E-state index < -0.39 is 10.2 Å². The summed E-state index contributed by atoms with van der Waals surface area (Å²) in [5.74, 6) is 0. The summed E-state index contributed by atoms with van der Waals surface area (Å²) in [4.78, 5) is 0. The van der Waals surface area contributed by atoms with Gasteiger partial charge >= 0.3 is 0 Å². The topological polar surface area (TPSA) is 49.4 Å². The van der Waals surface area contributed by atoms with Crippen molar-refractivity contribution in [2.45, 2.75) is 51.5 Å². The standard InChI is InChI=1S/C12H23BrN2O2S/c1-11-4-2-3-9-15(11)18(16,17)14-10-12(5-6-12)7-8-13/h11,14H,2-10H2,1H3. The van der Waals surface area contributed by atoms with E-state index in [1.54, 1.807) is 4.31 Å². The number of nitrogens with one attached hydrogen (secondary N) is 1. The zero-order chi connectivity index (χ0) is 13.2. The van der Waals surface area contributed by atoms with Gasteiger partial charge in [0.2, 0.25) is 0 Å². The molecule has 0 spiro atoms. The Bertz CT molecular complexity index is 382. The predicted octanol–water partition coefficient (Wildman–Crippen LogP) is 2.26. The zero-order valence-electron chi connectivity index (χ0n) is 11.0. The maximum absolute atomic E-state index is 12.3. The molecule has 1 saturated heterocycles. The van der Waals surface area contributed by atoms with Crippen molar-refractivity contribution in [3.63, 3.8) is 0 Å². The van der Waals surface area contributed by atoms with Crippen molar-refractivity contribution in [2.24, 2.45) is 5.41 Å². The summed E-state index contributed by atoms with van der Waals surface area (Å²) in [7, 11) is -3.28. The monoisotopic (exact) mass is 338 g/mol. The average molecular weight is 339 g/mol. The highest BCUT2D eigenvalue weighted by molar-refractivity contribution is 9.09. The molecule has 0 aromatic rings. The molecule has 0 aromatic heterocycles. The van der Waals surface area contributed by atoms with Gasteiger partial charge in [-0.3, -0.25) is 0 Å². The Labute approximate surface area is 119 Å². The molecule has 6 heteroatoms. The Kier molecular flexibility index (Phi) is 4.73. The van der Waals surface area contributed by atoms with E-state index in [2.05, 4.69) is 20.7 Å². The smallest absolute Gasteiger partial charge is 0.202 e. The van der Waals surface area contributed by atoms with E-state index in [0.717, 1.165) is 43.9 Å². The van der Waals surface area contributed by atoms with Gasteiger partial charge in [-0.05, 0) is 44.4 Å². The lowest BCUT2D eigenvalue weighted by Gasteiger charge is -2.32. The first kappa shape index (κ1) is 14.8. The number of hydrogen-bond donors (Lipinski definition) is 1. The Morgan fingerprint density at radius 2 is 2.11 bits per heavy atom. The molecular weight excluding hydrogens is 316 g/mol. The molecule has 106 valence electrons. The highest BCUT2D eigenvalue weighted by Gasteiger charge is 2.43. The van der Waals surface area contributed by atoms with E-state index in [4.69, 9.17) is 0 Å². The van der Waals surface area contributed by atoms with Crippen LogP contribution in [0.4, 0.5) is 0 Å². The summed E-state index contributed by atoms with van der Waals surface area (Å²) in [5, 5.41) is 0.953. The Morgan fingerprint density at radius 3 is 2.67 bits per heavy atom. The molecule has 1 atom stereocenters. The highest BCUT2D eigenvalue weighted by atomic mass is 79.9. The van der Waals surface area contributed by atoms with Crippen LogP contribution in [-0.2, 0) is 10.2 Å². The maximum atomic E-state index is 12.3. The number of nitrogens with zero attached hydrogens (tertiary/aromatic N) is 1. The van der Waals surface area contributed by atoms with Gasteiger partial charge < -0.3 is 0 Å². The van der Waals surface area contributed by atoms with Crippen molar-refractivity contribution < 1.29 is 8.42 Å². The first-order valence-corrected chi connectivity index (χ1v) is 9.38. The lowest BCUT2D eigenvalue weighted by molar-refractivity contribution is 0.264. The number of hydrogen-bond acceptors (Lipinski definition) is 2. The normalized spacial score (nSPS) is 28.2. The second-order valence-electron chi connectivity index (χ2n) is 5.72. The molecule has 2 rings (SSSR count). The van der Waals surface area contributed by atoms with E-state index in [9.17, 15) is 8.42 Å². The van der Waals surface area contributed by atoms with Crippen LogP contribution in [0.3, 0.4) is 0 Å². The minimum Gasteiger partial charge on any atom is -0.202 e. The molecule has 1 saturated carbocycles. The van der Waals surface area contributed by atoms with Gasteiger partial charge in [-0.25, -0.2) is 4.72 Å². The molecular formula is C12H23BrN2O2S. The molecule has 4 nitrogen and oxygen atoms in total. The molecule has 2 fully saturated rings. The van der Waals surface area contributed by atoms with Crippen molar-refractivity contribution in [2.75, 3.05) is 18.4 Å². The molecule has 1 N–H and O–H groups in total. The number of rotatable bonds is 6. The Hall–Kier alpha value is 0.350. The number of piperidine rings is 1. The summed E-state index contributed by atoms with van der Waals surface area (Å²) in [6.07, 6.45) is 6.46. The van der Waals surface area contributed by atoms with Gasteiger partial charge in [0.25, 0.3) is 10.2 Å². The first-order chi connectivity index (χ1) is 8.49. The van der Waals surface area contributed by atoms with E-state index in [-0.39, 0.29) is 11.5 Å². The molecule has 1 aliphatic carbocycles. The Morgan fingerprint density at radius 1 is 1.39 bits per heavy atom.